The number of rotatable bonds is 4. The van der Waals surface area contributed by atoms with Crippen molar-refractivity contribution in [1.82, 2.24) is 4.98 Å². The highest BCUT2D eigenvalue weighted by atomic mass is 35.5. The number of nitrogens with zero attached hydrogens (tertiary/aromatic N) is 2. The zero-order valence-corrected chi connectivity index (χ0v) is 12.6. The molecule has 0 aliphatic carbocycles. The molecular weight excluding hydrogens is 337 g/mol. The van der Waals surface area contributed by atoms with Gasteiger partial charge in [-0.1, -0.05) is 65.1 Å². The zero-order chi connectivity index (χ0) is 15.4. The number of carboxylic acids is 1. The third-order valence-electron chi connectivity index (χ3n) is 2.42. The van der Waals surface area contributed by atoms with Crippen LogP contribution in [-0.4, -0.2) is 17.2 Å². The summed E-state index contributed by atoms with van der Waals surface area (Å²) in [4.78, 5) is 14.5. The van der Waals surface area contributed by atoms with Crippen LogP contribution in [0.1, 0.15) is 16.1 Å². The predicted octanol–water partition coefficient (Wildman–Crippen LogP) is 2.85. The number of carbonyl (C=O) groups is 1. The van der Waals surface area contributed by atoms with Gasteiger partial charge >= 0.3 is 0 Å². The minimum absolute atomic E-state index is 0.0307. The second-order valence-corrected chi connectivity index (χ2v) is 4.94. The average Bonchev–Trinajstić information content (AvgIpc) is 2.47. The summed E-state index contributed by atoms with van der Waals surface area (Å²) in [5.74, 6) is -1.56. The Morgan fingerprint density at radius 1 is 1.19 bits per heavy atom. The van der Waals surface area contributed by atoms with E-state index in [4.69, 9.17) is 34.8 Å². The van der Waals surface area contributed by atoms with Crippen molar-refractivity contribution in [2.45, 2.75) is 0 Å². The summed E-state index contributed by atoms with van der Waals surface area (Å²) in [6.07, 6.45) is 1.51. The number of pyridine rings is 1. The second kappa shape index (κ2) is 6.76. The van der Waals surface area contributed by atoms with Gasteiger partial charge in [0.05, 0.1) is 22.9 Å². The van der Waals surface area contributed by atoms with E-state index in [1.807, 2.05) is 30.3 Å². The van der Waals surface area contributed by atoms with Gasteiger partial charge in [-0.15, -0.1) is 0 Å². The summed E-state index contributed by atoms with van der Waals surface area (Å²) in [6.45, 7) is 0. The highest BCUT2D eigenvalue weighted by Crippen LogP contribution is 2.36. The molecule has 108 valence electrons. The van der Waals surface area contributed by atoms with E-state index in [1.165, 1.54) is 6.21 Å². The first kappa shape index (κ1) is 15.6. The highest BCUT2D eigenvalue weighted by Gasteiger charge is 2.16. The maximum atomic E-state index is 10.9. The van der Waals surface area contributed by atoms with Gasteiger partial charge in [0.1, 0.15) is 10.7 Å². The van der Waals surface area contributed by atoms with E-state index < -0.39 is 11.7 Å². The Morgan fingerprint density at radius 2 is 1.86 bits per heavy atom. The number of carbonyl (C=O) groups excluding carboxylic acids is 1. The van der Waals surface area contributed by atoms with Crippen LogP contribution >= 0.6 is 34.8 Å². The maximum absolute atomic E-state index is 10.9. The number of hydrogen-bond donors (Lipinski definition) is 1. The fraction of sp³-hybridized carbons (Fsp3) is 0. The molecule has 0 aliphatic rings. The number of anilines is 1. The van der Waals surface area contributed by atoms with Crippen LogP contribution in [0.25, 0.3) is 0 Å². The van der Waals surface area contributed by atoms with Gasteiger partial charge < -0.3 is 9.90 Å². The van der Waals surface area contributed by atoms with E-state index in [0.29, 0.717) is 0 Å². The minimum atomic E-state index is -1.56. The summed E-state index contributed by atoms with van der Waals surface area (Å²) in [5, 5.41) is 14.4. The predicted molar refractivity (Wildman–Crippen MR) is 81.3 cm³/mol. The molecule has 0 unspecified atom stereocenters. The van der Waals surface area contributed by atoms with Gasteiger partial charge in [0.25, 0.3) is 0 Å². The molecule has 0 saturated carbocycles. The average molecular weight is 344 g/mol. The largest absolute Gasteiger partial charge is 0.543 e. The Hall–Kier alpha value is -1.82. The first-order chi connectivity index (χ1) is 10.0. The third-order valence-corrected chi connectivity index (χ3v) is 3.53. The van der Waals surface area contributed by atoms with Crippen LogP contribution in [0.2, 0.25) is 15.2 Å². The SMILES string of the molecule is O=C([O-])c1nc(Cl)c(Cl)c(N/N=C\c2ccccc2)c1Cl. The van der Waals surface area contributed by atoms with Gasteiger partial charge in [-0.2, -0.15) is 5.10 Å². The van der Waals surface area contributed by atoms with E-state index in [-0.39, 0.29) is 20.9 Å². The van der Waals surface area contributed by atoms with Gasteiger partial charge in [-0.25, -0.2) is 4.98 Å². The van der Waals surface area contributed by atoms with Crippen molar-refractivity contribution < 1.29 is 9.90 Å². The molecule has 0 aliphatic heterocycles. The minimum Gasteiger partial charge on any atom is -0.543 e. The number of hydrazone groups is 1. The van der Waals surface area contributed by atoms with Crippen molar-refractivity contribution in [3.05, 3.63) is 56.8 Å². The van der Waals surface area contributed by atoms with Crippen LogP contribution in [0.3, 0.4) is 0 Å². The smallest absolute Gasteiger partial charge is 0.150 e. The standard InChI is InChI=1S/C13H8Cl3N3O2/c14-8-10(9(15)12(16)18-11(8)13(20)21)19-17-6-7-4-2-1-3-5-7/h1-6H,(H,18,19)(H,20,21)/p-1/b17-6-. The van der Waals surface area contributed by atoms with E-state index in [0.717, 1.165) is 5.56 Å². The molecular formula is C13H7Cl3N3O2-. The molecule has 1 aromatic carbocycles. The Bertz CT molecular complexity index is 706. The Morgan fingerprint density at radius 3 is 2.48 bits per heavy atom. The highest BCUT2D eigenvalue weighted by molar-refractivity contribution is 6.46. The molecule has 0 saturated heterocycles. The van der Waals surface area contributed by atoms with Gasteiger partial charge in [0, 0.05) is 0 Å². The van der Waals surface area contributed by atoms with Crippen LogP contribution in [0.5, 0.6) is 0 Å². The first-order valence-electron chi connectivity index (χ1n) is 5.60. The van der Waals surface area contributed by atoms with Crippen LogP contribution in [0.15, 0.2) is 35.4 Å². The lowest BCUT2D eigenvalue weighted by Crippen LogP contribution is -2.24. The van der Waals surface area contributed by atoms with Crippen LogP contribution in [0, 0.1) is 0 Å². The first-order valence-corrected chi connectivity index (χ1v) is 6.74. The Kier molecular flexibility index (Phi) is 5.01. The molecule has 2 rings (SSSR count). The number of aromatic nitrogens is 1. The summed E-state index contributed by atoms with van der Waals surface area (Å²) >= 11 is 17.6. The summed E-state index contributed by atoms with van der Waals surface area (Å²) in [7, 11) is 0. The molecule has 1 aromatic heterocycles. The van der Waals surface area contributed by atoms with E-state index >= 15 is 0 Å². The molecule has 1 heterocycles. The molecule has 0 atom stereocenters. The van der Waals surface area contributed by atoms with Crippen molar-refractivity contribution >= 4 is 52.7 Å². The maximum Gasteiger partial charge on any atom is 0.150 e. The molecule has 0 spiro atoms. The molecule has 0 fully saturated rings. The molecule has 5 nitrogen and oxygen atoms in total. The number of carboxylic acid groups (broad SMARTS) is 1. The second-order valence-electron chi connectivity index (χ2n) is 3.82. The molecule has 0 amide bonds. The monoisotopic (exact) mass is 342 g/mol. The van der Waals surface area contributed by atoms with Crippen molar-refractivity contribution in [2.24, 2.45) is 5.10 Å². The van der Waals surface area contributed by atoms with Gasteiger partial charge in [-0.3, -0.25) is 5.43 Å². The number of hydrogen-bond acceptors (Lipinski definition) is 5. The van der Waals surface area contributed by atoms with Crippen LogP contribution in [0.4, 0.5) is 5.69 Å². The number of nitrogens with one attached hydrogen (secondary N) is 1. The van der Waals surface area contributed by atoms with Crippen molar-refractivity contribution in [3.8, 4) is 0 Å². The lowest BCUT2D eigenvalue weighted by Gasteiger charge is -2.12. The molecule has 0 radical (unpaired) electrons. The normalized spacial score (nSPS) is 10.8. The van der Waals surface area contributed by atoms with E-state index in [9.17, 15) is 9.90 Å². The fourth-order valence-electron chi connectivity index (χ4n) is 1.46. The van der Waals surface area contributed by atoms with Crippen LogP contribution in [-0.2, 0) is 0 Å². The van der Waals surface area contributed by atoms with Gasteiger partial charge in [0.15, 0.2) is 5.15 Å². The van der Waals surface area contributed by atoms with E-state index in [2.05, 4.69) is 15.5 Å². The third kappa shape index (κ3) is 3.64. The van der Waals surface area contributed by atoms with Crippen molar-refractivity contribution in [1.29, 1.82) is 0 Å². The quantitative estimate of drug-likeness (QED) is 0.526. The lowest BCUT2D eigenvalue weighted by atomic mass is 10.2. The number of aromatic carboxylic acids is 1. The molecule has 8 heteroatoms. The number of halogens is 3. The van der Waals surface area contributed by atoms with Crippen molar-refractivity contribution in [3.63, 3.8) is 0 Å². The summed E-state index contributed by atoms with van der Waals surface area (Å²) in [5.41, 5.74) is 2.92. The zero-order valence-electron chi connectivity index (χ0n) is 10.3. The van der Waals surface area contributed by atoms with E-state index in [1.54, 1.807) is 0 Å². The Labute approximate surface area is 135 Å². The van der Waals surface area contributed by atoms with Gasteiger partial charge in [-0.05, 0) is 5.56 Å². The molecule has 21 heavy (non-hydrogen) atoms. The molecule has 1 N–H and O–H groups in total. The fourth-order valence-corrected chi connectivity index (χ4v) is 2.12. The van der Waals surface area contributed by atoms with Gasteiger partial charge in [0.2, 0.25) is 0 Å². The lowest BCUT2D eigenvalue weighted by molar-refractivity contribution is -0.255. The summed E-state index contributed by atoms with van der Waals surface area (Å²) in [6, 6.07) is 9.23. The summed E-state index contributed by atoms with van der Waals surface area (Å²) < 4.78 is 0. The number of benzene rings is 1. The topological polar surface area (TPSA) is 77.4 Å². The molecule has 0 bridgehead atoms. The van der Waals surface area contributed by atoms with Crippen molar-refractivity contribution in [2.75, 3.05) is 5.43 Å². The molecule has 2 aromatic rings. The Balaban J connectivity index is 2.31. The van der Waals surface area contributed by atoms with Crippen LogP contribution < -0.4 is 10.5 Å².